The fraction of sp³-hybridized carbons (Fsp3) is 0.308. The number of rotatable bonds is 6. The van der Waals surface area contributed by atoms with E-state index in [1.54, 1.807) is 14.2 Å². The summed E-state index contributed by atoms with van der Waals surface area (Å²) >= 11 is 0. The summed E-state index contributed by atoms with van der Waals surface area (Å²) in [6.45, 7) is 1.92. The normalized spacial score (nSPS) is 12.2. The molecule has 5 heteroatoms. The van der Waals surface area contributed by atoms with E-state index < -0.39 is 5.97 Å². The molecular weight excluding hydrogens is 234 g/mol. The first kappa shape index (κ1) is 13.9. The molecule has 1 aromatic rings. The number of carbonyl (C=O) groups is 1. The zero-order valence-electron chi connectivity index (χ0n) is 10.6. The number of benzene rings is 1. The number of nitrogens with one attached hydrogen (secondary N) is 1. The van der Waals surface area contributed by atoms with Gasteiger partial charge in [0, 0.05) is 18.3 Å². The second-order valence-corrected chi connectivity index (χ2v) is 3.67. The third-order valence-corrected chi connectivity index (χ3v) is 2.48. The molecule has 0 aliphatic heterocycles. The van der Waals surface area contributed by atoms with E-state index >= 15 is 0 Å². The predicted molar refractivity (Wildman–Crippen MR) is 67.9 cm³/mol. The van der Waals surface area contributed by atoms with Crippen molar-refractivity contribution in [2.45, 2.75) is 13.0 Å². The van der Waals surface area contributed by atoms with Crippen molar-refractivity contribution in [3.63, 3.8) is 0 Å². The molecule has 1 unspecified atom stereocenters. The number of carboxylic acids is 1. The van der Waals surface area contributed by atoms with E-state index in [2.05, 4.69) is 5.32 Å². The van der Waals surface area contributed by atoms with Crippen LogP contribution in [0.3, 0.4) is 0 Å². The number of carboxylic acid groups (broad SMARTS) is 1. The van der Waals surface area contributed by atoms with Crippen molar-refractivity contribution in [3.05, 3.63) is 36.0 Å². The van der Waals surface area contributed by atoms with Crippen LogP contribution in [-0.2, 0) is 4.79 Å². The molecule has 1 rings (SSSR count). The molecule has 0 fully saturated rings. The monoisotopic (exact) mass is 251 g/mol. The van der Waals surface area contributed by atoms with Crippen molar-refractivity contribution in [2.24, 2.45) is 0 Å². The van der Waals surface area contributed by atoms with E-state index in [4.69, 9.17) is 14.6 Å². The van der Waals surface area contributed by atoms with Crippen LogP contribution >= 0.6 is 0 Å². The fourth-order valence-corrected chi connectivity index (χ4v) is 1.48. The van der Waals surface area contributed by atoms with Crippen LogP contribution in [0.5, 0.6) is 11.5 Å². The lowest BCUT2D eigenvalue weighted by Crippen LogP contribution is -2.12. The Morgan fingerprint density at radius 1 is 1.33 bits per heavy atom. The maximum absolute atomic E-state index is 10.3. The second kappa shape index (κ2) is 6.54. The standard InChI is InChI=1S/C13H17NO4/c1-9(14-7-6-13(15)16)10-4-5-11(17-2)12(8-10)18-3/h4-9,14H,1-3H3,(H,15,16)/b7-6+. The lowest BCUT2D eigenvalue weighted by Gasteiger charge is -2.15. The Morgan fingerprint density at radius 2 is 2.00 bits per heavy atom. The van der Waals surface area contributed by atoms with Gasteiger partial charge in [0.2, 0.25) is 0 Å². The number of ether oxygens (including phenoxy) is 2. The molecule has 0 heterocycles. The largest absolute Gasteiger partial charge is 0.493 e. The van der Waals surface area contributed by atoms with Crippen LogP contribution in [0.25, 0.3) is 0 Å². The van der Waals surface area contributed by atoms with Crippen molar-refractivity contribution in [1.29, 1.82) is 0 Å². The molecule has 5 nitrogen and oxygen atoms in total. The molecule has 98 valence electrons. The summed E-state index contributed by atoms with van der Waals surface area (Å²) in [5.41, 5.74) is 0.975. The van der Waals surface area contributed by atoms with Gasteiger partial charge in [0.1, 0.15) is 0 Å². The Morgan fingerprint density at radius 3 is 2.56 bits per heavy atom. The molecule has 0 radical (unpaired) electrons. The average molecular weight is 251 g/mol. The van der Waals surface area contributed by atoms with Gasteiger partial charge in [0.15, 0.2) is 11.5 Å². The highest BCUT2D eigenvalue weighted by atomic mass is 16.5. The topological polar surface area (TPSA) is 67.8 Å². The molecule has 1 atom stereocenters. The van der Waals surface area contributed by atoms with E-state index in [-0.39, 0.29) is 6.04 Å². The number of methoxy groups -OCH3 is 2. The van der Waals surface area contributed by atoms with Crippen molar-refractivity contribution < 1.29 is 19.4 Å². The predicted octanol–water partition coefficient (Wildman–Crippen LogP) is 1.95. The lowest BCUT2D eigenvalue weighted by molar-refractivity contribution is -0.131. The van der Waals surface area contributed by atoms with Crippen LogP contribution in [-0.4, -0.2) is 25.3 Å². The minimum absolute atomic E-state index is 0.0274. The zero-order chi connectivity index (χ0) is 13.5. The molecule has 1 aromatic carbocycles. The summed E-state index contributed by atoms with van der Waals surface area (Å²) in [5.74, 6) is 0.322. The minimum Gasteiger partial charge on any atom is -0.493 e. The van der Waals surface area contributed by atoms with Crippen molar-refractivity contribution in [3.8, 4) is 11.5 Å². The minimum atomic E-state index is -0.984. The Balaban J connectivity index is 2.80. The van der Waals surface area contributed by atoms with Gasteiger partial charge in [-0.25, -0.2) is 4.79 Å². The highest BCUT2D eigenvalue weighted by molar-refractivity contribution is 5.79. The average Bonchev–Trinajstić information content (AvgIpc) is 2.37. The van der Waals surface area contributed by atoms with Gasteiger partial charge in [0.25, 0.3) is 0 Å². The van der Waals surface area contributed by atoms with Crippen molar-refractivity contribution >= 4 is 5.97 Å². The van der Waals surface area contributed by atoms with Gasteiger partial charge in [-0.15, -0.1) is 0 Å². The molecule has 0 saturated carbocycles. The third-order valence-electron chi connectivity index (χ3n) is 2.48. The van der Waals surface area contributed by atoms with Gasteiger partial charge < -0.3 is 19.9 Å². The molecule has 18 heavy (non-hydrogen) atoms. The molecule has 2 N–H and O–H groups in total. The van der Waals surface area contributed by atoms with Gasteiger partial charge >= 0.3 is 5.97 Å². The van der Waals surface area contributed by atoms with Crippen molar-refractivity contribution in [2.75, 3.05) is 14.2 Å². The summed E-state index contributed by atoms with van der Waals surface area (Å²) in [5, 5.41) is 11.4. The number of hydrogen-bond donors (Lipinski definition) is 2. The van der Waals surface area contributed by atoms with Crippen LogP contribution in [0.4, 0.5) is 0 Å². The Bertz CT molecular complexity index is 443. The second-order valence-electron chi connectivity index (χ2n) is 3.67. The summed E-state index contributed by atoms with van der Waals surface area (Å²) < 4.78 is 10.4. The molecule has 0 amide bonds. The Labute approximate surface area is 106 Å². The van der Waals surface area contributed by atoms with Gasteiger partial charge in [-0.2, -0.15) is 0 Å². The summed E-state index contributed by atoms with van der Waals surface area (Å²) in [6, 6.07) is 5.53. The number of hydrogen-bond acceptors (Lipinski definition) is 4. The van der Waals surface area contributed by atoms with E-state index in [9.17, 15) is 4.79 Å². The molecular formula is C13H17NO4. The van der Waals surface area contributed by atoms with Gasteiger partial charge in [-0.1, -0.05) is 6.07 Å². The molecule has 0 spiro atoms. The molecule has 0 bridgehead atoms. The first-order valence-electron chi connectivity index (χ1n) is 5.46. The van der Waals surface area contributed by atoms with E-state index in [0.717, 1.165) is 11.6 Å². The Hall–Kier alpha value is -2.17. The Kier molecular flexibility index (Phi) is 5.05. The molecule has 0 aliphatic carbocycles. The summed E-state index contributed by atoms with van der Waals surface area (Å²) in [6.07, 6.45) is 2.46. The summed E-state index contributed by atoms with van der Waals surface area (Å²) in [7, 11) is 3.15. The SMILES string of the molecule is COc1ccc(C(C)N/C=C/C(=O)O)cc1OC. The van der Waals surface area contributed by atoms with Crippen LogP contribution in [0.1, 0.15) is 18.5 Å². The first-order chi connectivity index (χ1) is 8.58. The van der Waals surface area contributed by atoms with E-state index in [1.165, 1.54) is 6.20 Å². The van der Waals surface area contributed by atoms with Crippen molar-refractivity contribution in [1.82, 2.24) is 5.32 Å². The maximum atomic E-state index is 10.3. The van der Waals surface area contributed by atoms with Crippen LogP contribution in [0.2, 0.25) is 0 Å². The maximum Gasteiger partial charge on any atom is 0.329 e. The van der Waals surface area contributed by atoms with Crippen LogP contribution < -0.4 is 14.8 Å². The summed E-state index contributed by atoms with van der Waals surface area (Å²) in [4.78, 5) is 10.3. The van der Waals surface area contributed by atoms with Gasteiger partial charge in [0.05, 0.1) is 14.2 Å². The quantitative estimate of drug-likeness (QED) is 0.756. The molecule has 0 saturated heterocycles. The van der Waals surface area contributed by atoms with Gasteiger partial charge in [-0.3, -0.25) is 0 Å². The first-order valence-corrected chi connectivity index (χ1v) is 5.46. The van der Waals surface area contributed by atoms with E-state index in [1.807, 2.05) is 25.1 Å². The third kappa shape index (κ3) is 3.69. The smallest absolute Gasteiger partial charge is 0.329 e. The lowest BCUT2D eigenvalue weighted by atomic mass is 10.1. The van der Waals surface area contributed by atoms with Gasteiger partial charge in [-0.05, 0) is 24.6 Å². The number of aliphatic carboxylic acids is 1. The highest BCUT2D eigenvalue weighted by Gasteiger charge is 2.08. The van der Waals surface area contributed by atoms with Crippen LogP contribution in [0.15, 0.2) is 30.5 Å². The fourth-order valence-electron chi connectivity index (χ4n) is 1.48. The van der Waals surface area contributed by atoms with E-state index in [0.29, 0.717) is 11.5 Å². The molecule has 0 aliphatic rings. The highest BCUT2D eigenvalue weighted by Crippen LogP contribution is 2.29. The molecule has 0 aromatic heterocycles. The van der Waals surface area contributed by atoms with Crippen LogP contribution in [0, 0.1) is 0 Å². The zero-order valence-corrected chi connectivity index (χ0v) is 10.6.